The lowest BCUT2D eigenvalue weighted by Crippen LogP contribution is -2.28. The van der Waals surface area contributed by atoms with E-state index >= 15 is 0 Å². The Morgan fingerprint density at radius 2 is 1.85 bits per heavy atom. The van der Waals surface area contributed by atoms with Gasteiger partial charge in [-0.1, -0.05) is 23.7 Å². The van der Waals surface area contributed by atoms with E-state index in [4.69, 9.17) is 16.3 Å². The lowest BCUT2D eigenvalue weighted by atomic mass is 10.1. The molecule has 6 nitrogen and oxygen atoms in total. The predicted octanol–water partition coefficient (Wildman–Crippen LogP) is 4.06. The maximum Gasteiger partial charge on any atom is 0.155 e. The molecule has 3 aromatic rings. The number of ether oxygens (including phenoxy) is 1. The summed E-state index contributed by atoms with van der Waals surface area (Å²) in [6.45, 7) is 3.46. The van der Waals surface area contributed by atoms with Crippen molar-refractivity contribution in [1.82, 2.24) is 19.9 Å². The second kappa shape index (κ2) is 7.98. The Labute approximate surface area is 162 Å². The Morgan fingerprint density at radius 1 is 1.11 bits per heavy atom. The number of fused-ring (bicyclic) bond motifs is 1. The lowest BCUT2D eigenvalue weighted by molar-refractivity contribution is 0.0904. The first kappa shape index (κ1) is 17.8. The number of benzene rings is 1. The van der Waals surface area contributed by atoms with E-state index in [1.165, 1.54) is 0 Å². The van der Waals surface area contributed by atoms with Crippen LogP contribution >= 0.6 is 11.6 Å². The molecular weight excluding hydrogens is 362 g/mol. The molecule has 0 atom stereocenters. The van der Waals surface area contributed by atoms with Crippen molar-refractivity contribution in [2.75, 3.05) is 18.5 Å². The molecule has 1 aliphatic heterocycles. The van der Waals surface area contributed by atoms with Gasteiger partial charge in [-0.2, -0.15) is 0 Å². The van der Waals surface area contributed by atoms with Crippen LogP contribution in [-0.2, 0) is 4.74 Å². The largest absolute Gasteiger partial charge is 0.381 e. The topological polar surface area (TPSA) is 72.8 Å². The molecule has 0 unspecified atom stereocenters. The zero-order valence-corrected chi connectivity index (χ0v) is 15.8. The normalized spacial score (nSPS) is 15.9. The second-order valence-corrected chi connectivity index (χ2v) is 6.88. The van der Waals surface area contributed by atoms with E-state index < -0.39 is 0 Å². The van der Waals surface area contributed by atoms with Crippen LogP contribution in [0.5, 0.6) is 0 Å². The van der Waals surface area contributed by atoms with Gasteiger partial charge in [-0.25, -0.2) is 19.9 Å². The van der Waals surface area contributed by atoms with Crippen LogP contribution in [-0.4, -0.2) is 39.2 Å². The Kier molecular flexibility index (Phi) is 5.27. The van der Waals surface area contributed by atoms with Gasteiger partial charge in [-0.15, -0.1) is 0 Å². The van der Waals surface area contributed by atoms with E-state index in [-0.39, 0.29) is 0 Å². The molecule has 7 heteroatoms. The van der Waals surface area contributed by atoms with Gasteiger partial charge in [0.25, 0.3) is 0 Å². The number of hydrogen-bond acceptors (Lipinski definition) is 6. The van der Waals surface area contributed by atoms with Crippen molar-refractivity contribution in [3.05, 3.63) is 53.7 Å². The van der Waals surface area contributed by atoms with E-state index in [2.05, 4.69) is 25.3 Å². The summed E-state index contributed by atoms with van der Waals surface area (Å²) in [5, 5.41) is 3.91. The highest BCUT2D eigenvalue weighted by molar-refractivity contribution is 6.51. The monoisotopic (exact) mass is 381 g/mol. The van der Waals surface area contributed by atoms with Crippen LogP contribution in [0.25, 0.3) is 22.1 Å². The summed E-state index contributed by atoms with van der Waals surface area (Å²) in [5.41, 5.74) is 3.07. The fourth-order valence-corrected chi connectivity index (χ4v) is 3.35. The van der Waals surface area contributed by atoms with Gasteiger partial charge in [0.05, 0.1) is 21.8 Å². The van der Waals surface area contributed by atoms with Gasteiger partial charge in [0.2, 0.25) is 0 Å². The fourth-order valence-electron chi connectivity index (χ4n) is 3.07. The molecule has 1 aromatic carbocycles. The number of rotatable bonds is 4. The zero-order chi connectivity index (χ0) is 18.6. The summed E-state index contributed by atoms with van der Waals surface area (Å²) in [6, 6.07) is 9.97. The van der Waals surface area contributed by atoms with Crippen molar-refractivity contribution in [1.29, 1.82) is 0 Å². The minimum Gasteiger partial charge on any atom is -0.381 e. The first-order valence-electron chi connectivity index (χ1n) is 8.97. The minimum absolute atomic E-state index is 0.370. The van der Waals surface area contributed by atoms with Gasteiger partial charge >= 0.3 is 0 Å². The standard InChI is InChI=1S/C20H20ClN5O/c1-13-20(25-17-5-3-2-4-16(17)23-13)15(21)12-19-22-9-6-18(26-19)24-14-7-10-27-11-8-14/h2-6,9,12,14H,7-8,10-11H2,1H3,(H,22,24,26). The van der Waals surface area contributed by atoms with Crippen LogP contribution in [0.15, 0.2) is 36.5 Å². The Hall–Kier alpha value is -2.57. The summed E-state index contributed by atoms with van der Waals surface area (Å²) in [5.74, 6) is 1.32. The zero-order valence-electron chi connectivity index (χ0n) is 15.0. The van der Waals surface area contributed by atoms with Crippen LogP contribution in [0.2, 0.25) is 0 Å². The number of halogens is 1. The summed E-state index contributed by atoms with van der Waals surface area (Å²) in [6.07, 6.45) is 5.40. The SMILES string of the molecule is Cc1nc2ccccc2nc1C(Cl)=Cc1nccc(NC2CCOCC2)n1. The molecule has 1 saturated heterocycles. The number of nitrogens with one attached hydrogen (secondary N) is 1. The van der Waals surface area contributed by atoms with Gasteiger partial charge in [0, 0.05) is 31.5 Å². The van der Waals surface area contributed by atoms with Crippen LogP contribution in [0.1, 0.15) is 30.1 Å². The summed E-state index contributed by atoms with van der Waals surface area (Å²) < 4.78 is 5.39. The van der Waals surface area contributed by atoms with Crippen LogP contribution < -0.4 is 5.32 Å². The van der Waals surface area contributed by atoms with Crippen LogP contribution in [0.3, 0.4) is 0 Å². The molecule has 1 aliphatic rings. The summed E-state index contributed by atoms with van der Waals surface area (Å²) in [7, 11) is 0. The summed E-state index contributed by atoms with van der Waals surface area (Å²) >= 11 is 6.53. The van der Waals surface area contributed by atoms with Crippen LogP contribution in [0.4, 0.5) is 5.82 Å². The highest BCUT2D eigenvalue weighted by Gasteiger charge is 2.14. The van der Waals surface area contributed by atoms with E-state index in [9.17, 15) is 0 Å². The first-order valence-corrected chi connectivity index (χ1v) is 9.35. The Morgan fingerprint density at radius 3 is 2.63 bits per heavy atom. The molecule has 0 amide bonds. The molecule has 4 rings (SSSR count). The number of hydrogen-bond donors (Lipinski definition) is 1. The smallest absolute Gasteiger partial charge is 0.155 e. The maximum atomic E-state index is 6.53. The average Bonchev–Trinajstić information content (AvgIpc) is 2.68. The highest BCUT2D eigenvalue weighted by Crippen LogP contribution is 2.24. The number of aromatic nitrogens is 4. The second-order valence-electron chi connectivity index (χ2n) is 6.47. The van der Waals surface area contributed by atoms with Gasteiger partial charge in [-0.05, 0) is 38.0 Å². The Balaban J connectivity index is 1.59. The third-order valence-corrected chi connectivity index (χ3v) is 4.76. The van der Waals surface area contributed by atoms with E-state index in [0.29, 0.717) is 22.6 Å². The molecule has 0 spiro atoms. The predicted molar refractivity (Wildman–Crippen MR) is 107 cm³/mol. The molecule has 1 fully saturated rings. The fraction of sp³-hybridized carbons (Fsp3) is 0.300. The molecule has 2 aromatic heterocycles. The minimum atomic E-state index is 0.370. The molecule has 0 bridgehead atoms. The maximum absolute atomic E-state index is 6.53. The van der Waals surface area contributed by atoms with Gasteiger partial charge in [0.1, 0.15) is 11.5 Å². The van der Waals surface area contributed by atoms with Crippen molar-refractivity contribution >= 4 is 39.6 Å². The van der Waals surface area contributed by atoms with Gasteiger partial charge in [-0.3, -0.25) is 0 Å². The quantitative estimate of drug-likeness (QED) is 0.734. The van der Waals surface area contributed by atoms with Crippen molar-refractivity contribution in [2.45, 2.75) is 25.8 Å². The number of aryl methyl sites for hydroxylation is 1. The van der Waals surface area contributed by atoms with E-state index in [1.54, 1.807) is 12.3 Å². The Bertz CT molecular complexity index is 985. The number of para-hydroxylation sites is 2. The molecule has 0 radical (unpaired) electrons. The average molecular weight is 382 g/mol. The third kappa shape index (κ3) is 4.23. The summed E-state index contributed by atoms with van der Waals surface area (Å²) in [4.78, 5) is 18.1. The van der Waals surface area contributed by atoms with Gasteiger partial charge < -0.3 is 10.1 Å². The van der Waals surface area contributed by atoms with Crippen molar-refractivity contribution in [2.24, 2.45) is 0 Å². The molecule has 3 heterocycles. The molecule has 0 saturated carbocycles. The number of anilines is 1. The molecule has 138 valence electrons. The van der Waals surface area contributed by atoms with Gasteiger partial charge in [0.15, 0.2) is 5.82 Å². The first-order chi connectivity index (χ1) is 13.2. The molecule has 0 aliphatic carbocycles. The van der Waals surface area contributed by atoms with E-state index in [1.807, 2.05) is 37.3 Å². The highest BCUT2D eigenvalue weighted by atomic mass is 35.5. The number of nitrogens with zero attached hydrogens (tertiary/aromatic N) is 4. The molecular formula is C20H20ClN5O. The third-order valence-electron chi connectivity index (χ3n) is 4.47. The lowest BCUT2D eigenvalue weighted by Gasteiger charge is -2.23. The van der Waals surface area contributed by atoms with Crippen molar-refractivity contribution < 1.29 is 4.74 Å². The van der Waals surface area contributed by atoms with Crippen molar-refractivity contribution in [3.63, 3.8) is 0 Å². The van der Waals surface area contributed by atoms with Crippen molar-refractivity contribution in [3.8, 4) is 0 Å². The molecule has 27 heavy (non-hydrogen) atoms. The molecule has 1 N–H and O–H groups in total. The van der Waals surface area contributed by atoms with E-state index in [0.717, 1.165) is 48.6 Å². The van der Waals surface area contributed by atoms with Crippen LogP contribution in [0, 0.1) is 6.92 Å².